The van der Waals surface area contributed by atoms with Crippen LogP contribution in [0.1, 0.15) is 12.5 Å². The predicted octanol–water partition coefficient (Wildman–Crippen LogP) is 4.63. The summed E-state index contributed by atoms with van der Waals surface area (Å²) in [6.07, 6.45) is 0. The van der Waals surface area contributed by atoms with Crippen LogP contribution in [-0.2, 0) is 0 Å². The van der Waals surface area contributed by atoms with Gasteiger partial charge in [-0.3, -0.25) is 0 Å². The van der Waals surface area contributed by atoms with Gasteiger partial charge in [-0.15, -0.1) is 0 Å². The number of rotatable bonds is 3. The van der Waals surface area contributed by atoms with Crippen molar-refractivity contribution in [2.24, 2.45) is 0 Å². The molecule has 0 aromatic heterocycles. The minimum Gasteiger partial charge on any atom is -0.494 e. The van der Waals surface area contributed by atoms with E-state index >= 15 is 0 Å². The second kappa shape index (κ2) is 8.54. The standard InChI is InChI=1S/C10H12FNO.C7H7BrFNO/c1-6(2)8-4-7(11)5-9(13-3)10(8)12;1-11-6-3-4(9)2-5(8)7(6)10/h4-5H,1,12H2,2-3H3;2-3H,10H2,1H3. The van der Waals surface area contributed by atoms with Crippen LogP contribution in [-0.4, -0.2) is 14.2 Å². The van der Waals surface area contributed by atoms with Gasteiger partial charge in [0.1, 0.15) is 23.1 Å². The third kappa shape index (κ3) is 4.86. The summed E-state index contributed by atoms with van der Waals surface area (Å²) in [5.74, 6) is -0.0538. The van der Waals surface area contributed by atoms with Crippen LogP contribution < -0.4 is 20.9 Å². The van der Waals surface area contributed by atoms with E-state index in [4.69, 9.17) is 20.9 Å². The van der Waals surface area contributed by atoms with Crippen molar-refractivity contribution in [3.05, 3.63) is 52.5 Å². The van der Waals surface area contributed by atoms with Crippen molar-refractivity contribution in [2.75, 3.05) is 25.7 Å². The van der Waals surface area contributed by atoms with Crippen LogP contribution in [0.4, 0.5) is 20.2 Å². The van der Waals surface area contributed by atoms with E-state index in [1.54, 1.807) is 6.92 Å². The molecule has 7 heteroatoms. The van der Waals surface area contributed by atoms with Gasteiger partial charge >= 0.3 is 0 Å². The van der Waals surface area contributed by atoms with E-state index in [0.29, 0.717) is 32.9 Å². The summed E-state index contributed by atoms with van der Waals surface area (Å²) in [7, 11) is 2.89. The molecule has 4 nitrogen and oxygen atoms in total. The van der Waals surface area contributed by atoms with E-state index in [-0.39, 0.29) is 11.6 Å². The van der Waals surface area contributed by atoms with Gasteiger partial charge in [0.25, 0.3) is 0 Å². The van der Waals surface area contributed by atoms with Crippen molar-refractivity contribution >= 4 is 32.9 Å². The number of nitrogen functional groups attached to an aromatic ring is 2. The first-order chi connectivity index (χ1) is 11.2. The Morgan fingerprint density at radius 1 is 0.958 bits per heavy atom. The Balaban J connectivity index is 0.000000243. The highest BCUT2D eigenvalue weighted by molar-refractivity contribution is 9.10. The maximum absolute atomic E-state index is 13.0. The summed E-state index contributed by atoms with van der Waals surface area (Å²) in [5, 5.41) is 0. The fourth-order valence-corrected chi connectivity index (χ4v) is 2.26. The van der Waals surface area contributed by atoms with Crippen LogP contribution in [0, 0.1) is 11.6 Å². The van der Waals surface area contributed by atoms with Crippen molar-refractivity contribution in [3.8, 4) is 11.5 Å². The number of hydrogen-bond acceptors (Lipinski definition) is 4. The van der Waals surface area contributed by atoms with Gasteiger partial charge < -0.3 is 20.9 Å². The highest BCUT2D eigenvalue weighted by atomic mass is 79.9. The molecule has 0 heterocycles. The predicted molar refractivity (Wildman–Crippen MR) is 97.1 cm³/mol. The zero-order chi connectivity index (χ0) is 18.4. The van der Waals surface area contributed by atoms with Crippen LogP contribution in [0.15, 0.2) is 35.3 Å². The quantitative estimate of drug-likeness (QED) is 0.736. The molecule has 24 heavy (non-hydrogen) atoms. The van der Waals surface area contributed by atoms with E-state index in [9.17, 15) is 8.78 Å². The van der Waals surface area contributed by atoms with E-state index in [0.717, 1.165) is 5.57 Å². The van der Waals surface area contributed by atoms with Crippen LogP contribution in [0.25, 0.3) is 5.57 Å². The van der Waals surface area contributed by atoms with Gasteiger partial charge in [0.15, 0.2) is 0 Å². The smallest absolute Gasteiger partial charge is 0.145 e. The van der Waals surface area contributed by atoms with Gasteiger partial charge in [-0.1, -0.05) is 6.58 Å². The van der Waals surface area contributed by atoms with Crippen molar-refractivity contribution < 1.29 is 18.3 Å². The average molecular weight is 401 g/mol. The van der Waals surface area contributed by atoms with Crippen LogP contribution in [0.2, 0.25) is 0 Å². The van der Waals surface area contributed by atoms with Crippen molar-refractivity contribution in [2.45, 2.75) is 6.92 Å². The molecule has 0 saturated heterocycles. The Kier molecular flexibility index (Phi) is 7.03. The van der Waals surface area contributed by atoms with Crippen LogP contribution >= 0.6 is 15.9 Å². The molecule has 0 saturated carbocycles. The third-order valence-electron chi connectivity index (χ3n) is 3.06. The molecule has 4 N–H and O–H groups in total. The van der Waals surface area contributed by atoms with Gasteiger partial charge in [-0.25, -0.2) is 8.78 Å². The lowest BCUT2D eigenvalue weighted by atomic mass is 10.1. The minimum atomic E-state index is -0.372. The molecular formula is C17H19BrF2N2O2. The zero-order valence-electron chi connectivity index (χ0n) is 13.6. The summed E-state index contributed by atoms with van der Waals surface area (Å²) in [6, 6.07) is 5.12. The first-order valence-electron chi connectivity index (χ1n) is 6.78. The van der Waals surface area contributed by atoms with Gasteiger partial charge in [0, 0.05) is 22.2 Å². The summed E-state index contributed by atoms with van der Waals surface area (Å²) in [6.45, 7) is 5.47. The molecule has 0 bridgehead atoms. The molecule has 2 aromatic rings. The van der Waals surface area contributed by atoms with Crippen LogP contribution in [0.3, 0.4) is 0 Å². The number of nitrogens with two attached hydrogens (primary N) is 2. The lowest BCUT2D eigenvalue weighted by molar-refractivity contribution is 0.413. The van der Waals surface area contributed by atoms with Crippen molar-refractivity contribution in [3.63, 3.8) is 0 Å². The number of halogens is 3. The Bertz CT molecular complexity index is 752. The normalized spacial score (nSPS) is 9.75. The fraction of sp³-hybridized carbons (Fsp3) is 0.176. The number of benzene rings is 2. The van der Waals surface area contributed by atoms with Gasteiger partial charge in [0.2, 0.25) is 0 Å². The van der Waals surface area contributed by atoms with Gasteiger partial charge in [-0.05, 0) is 40.6 Å². The second-order valence-corrected chi connectivity index (χ2v) is 5.71. The van der Waals surface area contributed by atoms with Gasteiger partial charge in [-0.2, -0.15) is 0 Å². The van der Waals surface area contributed by atoms with Crippen molar-refractivity contribution in [1.82, 2.24) is 0 Å². The largest absolute Gasteiger partial charge is 0.494 e. The summed E-state index contributed by atoms with van der Waals surface area (Å²) < 4.78 is 35.8. The molecule has 2 rings (SSSR count). The Labute approximate surface area is 148 Å². The Morgan fingerprint density at radius 2 is 1.42 bits per heavy atom. The number of ether oxygens (including phenoxy) is 2. The molecule has 0 radical (unpaired) electrons. The lowest BCUT2D eigenvalue weighted by Crippen LogP contribution is -1.97. The lowest BCUT2D eigenvalue weighted by Gasteiger charge is -2.09. The monoisotopic (exact) mass is 400 g/mol. The number of anilines is 2. The van der Waals surface area contributed by atoms with E-state index in [2.05, 4.69) is 22.5 Å². The molecule has 130 valence electrons. The highest BCUT2D eigenvalue weighted by Gasteiger charge is 2.08. The van der Waals surface area contributed by atoms with Crippen LogP contribution in [0.5, 0.6) is 11.5 Å². The number of hydrogen-bond donors (Lipinski definition) is 2. The van der Waals surface area contributed by atoms with E-state index in [1.165, 1.54) is 38.5 Å². The summed E-state index contributed by atoms with van der Waals surface area (Å²) in [5.41, 5.74) is 13.4. The Morgan fingerprint density at radius 3 is 1.88 bits per heavy atom. The first-order valence-corrected chi connectivity index (χ1v) is 7.57. The molecule has 2 aromatic carbocycles. The highest BCUT2D eigenvalue weighted by Crippen LogP contribution is 2.31. The first kappa shape index (κ1) is 19.8. The summed E-state index contributed by atoms with van der Waals surface area (Å²) in [4.78, 5) is 0. The van der Waals surface area contributed by atoms with Crippen molar-refractivity contribution in [1.29, 1.82) is 0 Å². The number of allylic oxidation sites excluding steroid dienone is 1. The molecule has 0 atom stereocenters. The van der Waals surface area contributed by atoms with E-state index in [1.807, 2.05) is 0 Å². The molecule has 0 aliphatic carbocycles. The number of methoxy groups -OCH3 is 2. The van der Waals surface area contributed by atoms with Gasteiger partial charge in [0.05, 0.1) is 25.6 Å². The summed E-state index contributed by atoms with van der Waals surface area (Å²) >= 11 is 3.09. The third-order valence-corrected chi connectivity index (χ3v) is 3.72. The Hall–Kier alpha value is -2.28. The minimum absolute atomic E-state index is 0.344. The molecule has 0 spiro atoms. The SMILES string of the molecule is C=C(C)c1cc(F)cc(OC)c1N.COc1cc(F)cc(Br)c1N. The van der Waals surface area contributed by atoms with E-state index < -0.39 is 0 Å². The maximum atomic E-state index is 13.0. The molecular weight excluding hydrogens is 382 g/mol. The zero-order valence-corrected chi connectivity index (χ0v) is 15.2. The molecule has 0 unspecified atom stereocenters. The maximum Gasteiger partial charge on any atom is 0.145 e. The molecule has 0 aliphatic rings. The molecule has 0 aliphatic heterocycles. The fourth-order valence-electron chi connectivity index (χ4n) is 1.85. The molecule has 0 fully saturated rings. The average Bonchev–Trinajstić information content (AvgIpc) is 2.53. The second-order valence-electron chi connectivity index (χ2n) is 4.85. The topological polar surface area (TPSA) is 70.5 Å². The molecule has 0 amide bonds.